The van der Waals surface area contributed by atoms with Gasteiger partial charge < -0.3 is 4.74 Å². The first kappa shape index (κ1) is 10.3. The highest BCUT2D eigenvalue weighted by Crippen LogP contribution is 2.12. The maximum atomic E-state index is 11.2. The zero-order valence-corrected chi connectivity index (χ0v) is 9.29. The number of ketones is 1. The Morgan fingerprint density at radius 1 is 1.67 bits per heavy atom. The normalized spacial score (nSPS) is 11.0. The molecular formula is C10H12N2O2S. The van der Waals surface area contributed by atoms with E-state index in [2.05, 4.69) is 4.98 Å². The number of aromatic nitrogens is 2. The van der Waals surface area contributed by atoms with E-state index in [1.54, 1.807) is 11.3 Å². The van der Waals surface area contributed by atoms with Gasteiger partial charge >= 0.3 is 0 Å². The van der Waals surface area contributed by atoms with Crippen LogP contribution in [0.25, 0.3) is 4.96 Å². The van der Waals surface area contributed by atoms with E-state index in [-0.39, 0.29) is 12.4 Å². The van der Waals surface area contributed by atoms with Crippen molar-refractivity contribution in [3.63, 3.8) is 0 Å². The van der Waals surface area contributed by atoms with Gasteiger partial charge in [0.05, 0.1) is 5.69 Å². The summed E-state index contributed by atoms with van der Waals surface area (Å²) in [5.74, 6) is 0.119. The smallest absolute Gasteiger partial charge is 0.193 e. The predicted octanol–water partition coefficient (Wildman–Crippen LogP) is 1.54. The van der Waals surface area contributed by atoms with Gasteiger partial charge in [-0.1, -0.05) is 0 Å². The van der Waals surface area contributed by atoms with E-state index < -0.39 is 0 Å². The molecule has 0 spiro atoms. The third-order valence-corrected chi connectivity index (χ3v) is 2.88. The van der Waals surface area contributed by atoms with Gasteiger partial charge in [0.2, 0.25) is 0 Å². The summed E-state index contributed by atoms with van der Waals surface area (Å²) in [5.41, 5.74) is 0.964. The van der Waals surface area contributed by atoms with Crippen molar-refractivity contribution in [1.29, 1.82) is 0 Å². The first-order valence-corrected chi connectivity index (χ1v) is 5.59. The van der Waals surface area contributed by atoms with Crippen LogP contribution in [0.1, 0.15) is 12.1 Å². The number of rotatable bonds is 5. The molecule has 0 N–H and O–H groups in total. The van der Waals surface area contributed by atoms with E-state index in [1.165, 1.54) is 7.11 Å². The molecule has 4 nitrogen and oxygen atoms in total. The summed E-state index contributed by atoms with van der Waals surface area (Å²) < 4.78 is 6.74. The molecule has 2 rings (SSSR count). The quantitative estimate of drug-likeness (QED) is 0.773. The van der Waals surface area contributed by atoms with E-state index in [1.807, 2.05) is 22.2 Å². The lowest BCUT2D eigenvalue weighted by Gasteiger charge is -1.96. The highest BCUT2D eigenvalue weighted by molar-refractivity contribution is 7.15. The SMILES string of the molecule is COCC(=O)CCc1cn2ccsc2n1. The van der Waals surface area contributed by atoms with Crippen molar-refractivity contribution in [2.45, 2.75) is 12.8 Å². The molecule has 0 aliphatic carbocycles. The maximum absolute atomic E-state index is 11.2. The van der Waals surface area contributed by atoms with Crippen LogP contribution in [0.15, 0.2) is 17.8 Å². The molecule has 80 valence electrons. The number of thiazole rings is 1. The Hall–Kier alpha value is -1.20. The minimum atomic E-state index is 0.119. The monoisotopic (exact) mass is 224 g/mol. The highest BCUT2D eigenvalue weighted by Gasteiger charge is 2.05. The van der Waals surface area contributed by atoms with Crippen LogP contribution in [0.2, 0.25) is 0 Å². The topological polar surface area (TPSA) is 43.6 Å². The number of carbonyl (C=O) groups excluding carboxylic acids is 1. The molecule has 0 fully saturated rings. The average Bonchev–Trinajstić information content (AvgIpc) is 2.74. The number of nitrogens with zero attached hydrogens (tertiary/aromatic N) is 2. The number of carbonyl (C=O) groups is 1. The molecule has 0 aliphatic heterocycles. The fourth-order valence-corrected chi connectivity index (χ4v) is 2.12. The Kier molecular flexibility index (Phi) is 3.13. The highest BCUT2D eigenvalue weighted by atomic mass is 32.1. The van der Waals surface area contributed by atoms with Gasteiger partial charge in [0.1, 0.15) is 6.61 Å². The van der Waals surface area contributed by atoms with Crippen LogP contribution in [0.5, 0.6) is 0 Å². The molecule has 0 unspecified atom stereocenters. The molecule has 2 aromatic rings. The van der Waals surface area contributed by atoms with Gasteiger partial charge in [-0.2, -0.15) is 0 Å². The van der Waals surface area contributed by atoms with Crippen molar-refractivity contribution in [3.05, 3.63) is 23.5 Å². The Balaban J connectivity index is 1.95. The summed E-state index contributed by atoms with van der Waals surface area (Å²) in [6.07, 6.45) is 5.12. The van der Waals surface area contributed by atoms with Crippen LogP contribution in [-0.2, 0) is 16.0 Å². The lowest BCUT2D eigenvalue weighted by atomic mass is 10.2. The van der Waals surface area contributed by atoms with Crippen LogP contribution in [0.4, 0.5) is 0 Å². The molecule has 2 aromatic heterocycles. The largest absolute Gasteiger partial charge is 0.377 e. The second kappa shape index (κ2) is 4.55. The number of hydrogen-bond acceptors (Lipinski definition) is 4. The fraction of sp³-hybridized carbons (Fsp3) is 0.400. The number of methoxy groups -OCH3 is 1. The average molecular weight is 224 g/mol. The molecule has 5 heteroatoms. The van der Waals surface area contributed by atoms with Crippen molar-refractivity contribution < 1.29 is 9.53 Å². The predicted molar refractivity (Wildman–Crippen MR) is 58.3 cm³/mol. The molecule has 0 saturated heterocycles. The van der Waals surface area contributed by atoms with Crippen molar-refractivity contribution in [3.8, 4) is 0 Å². The Bertz CT molecular complexity index is 432. The summed E-state index contributed by atoms with van der Waals surface area (Å²) in [6.45, 7) is 0.197. The van der Waals surface area contributed by atoms with E-state index in [0.29, 0.717) is 12.8 Å². The summed E-state index contributed by atoms with van der Waals surface area (Å²) >= 11 is 1.59. The second-order valence-corrected chi connectivity index (χ2v) is 4.17. The molecule has 15 heavy (non-hydrogen) atoms. The Morgan fingerprint density at radius 3 is 3.27 bits per heavy atom. The lowest BCUT2D eigenvalue weighted by molar-refractivity contribution is -0.122. The van der Waals surface area contributed by atoms with E-state index in [4.69, 9.17) is 4.74 Å². The van der Waals surface area contributed by atoms with Gasteiger partial charge in [-0.05, 0) is 6.42 Å². The maximum Gasteiger partial charge on any atom is 0.193 e. The zero-order valence-electron chi connectivity index (χ0n) is 8.47. The molecule has 2 heterocycles. The summed E-state index contributed by atoms with van der Waals surface area (Å²) in [7, 11) is 1.53. The number of hydrogen-bond donors (Lipinski definition) is 0. The standard InChI is InChI=1S/C10H12N2O2S/c1-14-7-9(13)3-2-8-6-12-4-5-15-10(12)11-8/h4-6H,2-3,7H2,1H3. The van der Waals surface area contributed by atoms with Crippen molar-refractivity contribution in [2.24, 2.45) is 0 Å². The molecule has 0 aromatic carbocycles. The number of ether oxygens (including phenoxy) is 1. The van der Waals surface area contributed by atoms with E-state index >= 15 is 0 Å². The molecule has 0 atom stereocenters. The summed E-state index contributed by atoms with van der Waals surface area (Å²) in [6, 6.07) is 0. The number of imidazole rings is 1. The Morgan fingerprint density at radius 2 is 2.53 bits per heavy atom. The molecule has 0 bridgehead atoms. The fourth-order valence-electron chi connectivity index (χ4n) is 1.40. The van der Waals surface area contributed by atoms with Gasteiger partial charge in [0.25, 0.3) is 0 Å². The Labute approximate surface area is 91.5 Å². The number of aryl methyl sites for hydroxylation is 1. The lowest BCUT2D eigenvalue weighted by Crippen LogP contribution is -2.07. The zero-order chi connectivity index (χ0) is 10.7. The van der Waals surface area contributed by atoms with Crippen LogP contribution in [-0.4, -0.2) is 28.9 Å². The number of Topliss-reactive ketones (excluding diaryl/α,β-unsaturated/α-hetero) is 1. The summed E-state index contributed by atoms with van der Waals surface area (Å²) in [4.78, 5) is 16.6. The van der Waals surface area contributed by atoms with Gasteiger partial charge in [-0.3, -0.25) is 9.20 Å². The third kappa shape index (κ3) is 2.43. The van der Waals surface area contributed by atoms with Crippen molar-refractivity contribution in [1.82, 2.24) is 9.38 Å². The minimum absolute atomic E-state index is 0.119. The van der Waals surface area contributed by atoms with Crippen LogP contribution >= 0.6 is 11.3 Å². The van der Waals surface area contributed by atoms with Crippen LogP contribution in [0.3, 0.4) is 0 Å². The minimum Gasteiger partial charge on any atom is -0.377 e. The van der Waals surface area contributed by atoms with Crippen LogP contribution in [0, 0.1) is 0 Å². The first-order chi connectivity index (χ1) is 7.29. The molecular weight excluding hydrogens is 212 g/mol. The molecule has 0 aliphatic rings. The van der Waals surface area contributed by atoms with Gasteiger partial charge in [0.15, 0.2) is 10.7 Å². The molecule has 0 saturated carbocycles. The number of fused-ring (bicyclic) bond motifs is 1. The first-order valence-electron chi connectivity index (χ1n) is 4.71. The second-order valence-electron chi connectivity index (χ2n) is 3.30. The summed E-state index contributed by atoms with van der Waals surface area (Å²) in [5, 5.41) is 1.99. The van der Waals surface area contributed by atoms with Gasteiger partial charge in [-0.25, -0.2) is 4.98 Å². The van der Waals surface area contributed by atoms with Crippen molar-refractivity contribution in [2.75, 3.05) is 13.7 Å². The van der Waals surface area contributed by atoms with E-state index in [9.17, 15) is 4.79 Å². The molecule has 0 amide bonds. The molecule has 0 radical (unpaired) electrons. The van der Waals surface area contributed by atoms with Gasteiger partial charge in [0, 0.05) is 31.3 Å². The third-order valence-electron chi connectivity index (χ3n) is 2.11. The van der Waals surface area contributed by atoms with Gasteiger partial charge in [-0.15, -0.1) is 11.3 Å². The van der Waals surface area contributed by atoms with E-state index in [0.717, 1.165) is 10.7 Å². The van der Waals surface area contributed by atoms with Crippen LogP contribution < -0.4 is 0 Å². The van der Waals surface area contributed by atoms with Crippen molar-refractivity contribution >= 4 is 22.1 Å².